The quantitative estimate of drug-likeness (QED) is 0.805. The number of fused-ring (bicyclic) bond motifs is 1. The number of rotatable bonds is 3. The lowest BCUT2D eigenvalue weighted by atomic mass is 10.1. The second kappa shape index (κ2) is 6.26. The maximum Gasteiger partial charge on any atom is 0.240 e. The Hall–Kier alpha value is -1.59. The van der Waals surface area contributed by atoms with Crippen LogP contribution in [0.5, 0.6) is 0 Å². The van der Waals surface area contributed by atoms with Gasteiger partial charge in [-0.05, 0) is 44.0 Å². The minimum Gasteiger partial charge on any atom is -0.308 e. The molecule has 0 N–H and O–H groups in total. The third-order valence-corrected chi connectivity index (χ3v) is 4.91. The Morgan fingerprint density at radius 3 is 2.82 bits per heavy atom. The minimum atomic E-state index is -0.232. The normalized spacial score (nSPS) is 18.1. The van der Waals surface area contributed by atoms with Crippen molar-refractivity contribution in [2.75, 3.05) is 4.90 Å². The molecule has 2 atom stereocenters. The number of halogens is 1. The van der Waals surface area contributed by atoms with Crippen molar-refractivity contribution in [1.29, 1.82) is 0 Å². The molecule has 3 rings (SSSR count). The molecule has 1 aromatic carbocycles. The van der Waals surface area contributed by atoms with Crippen LogP contribution in [0.15, 0.2) is 41.4 Å². The fourth-order valence-corrected chi connectivity index (χ4v) is 3.61. The van der Waals surface area contributed by atoms with Gasteiger partial charge in [0.2, 0.25) is 5.91 Å². The van der Waals surface area contributed by atoms with Crippen molar-refractivity contribution in [3.8, 4) is 0 Å². The third kappa shape index (κ3) is 2.96. The molecule has 22 heavy (non-hydrogen) atoms. The Morgan fingerprint density at radius 1 is 1.32 bits per heavy atom. The predicted octanol–water partition coefficient (Wildman–Crippen LogP) is 3.59. The van der Waals surface area contributed by atoms with E-state index in [9.17, 15) is 4.79 Å². The van der Waals surface area contributed by atoms with Crippen LogP contribution in [-0.2, 0) is 11.2 Å². The maximum atomic E-state index is 12.8. The number of aromatic nitrogens is 2. The topological polar surface area (TPSA) is 46.1 Å². The van der Waals surface area contributed by atoms with Gasteiger partial charge in [-0.1, -0.05) is 41.6 Å². The molecule has 0 fully saturated rings. The van der Waals surface area contributed by atoms with Gasteiger partial charge in [-0.15, -0.1) is 10.2 Å². The van der Waals surface area contributed by atoms with E-state index < -0.39 is 0 Å². The van der Waals surface area contributed by atoms with Gasteiger partial charge in [0.25, 0.3) is 0 Å². The van der Waals surface area contributed by atoms with Gasteiger partial charge in [0.15, 0.2) is 5.15 Å². The summed E-state index contributed by atoms with van der Waals surface area (Å²) in [5, 5.41) is 8.63. The van der Waals surface area contributed by atoms with Crippen molar-refractivity contribution >= 4 is 35.0 Å². The molecule has 114 valence electrons. The van der Waals surface area contributed by atoms with Crippen molar-refractivity contribution < 1.29 is 4.79 Å². The Kier molecular flexibility index (Phi) is 4.36. The van der Waals surface area contributed by atoms with Crippen LogP contribution < -0.4 is 4.90 Å². The van der Waals surface area contributed by atoms with Crippen LogP contribution in [0.3, 0.4) is 0 Å². The number of hydrogen-bond donors (Lipinski definition) is 0. The van der Waals surface area contributed by atoms with Crippen LogP contribution in [0, 0.1) is 0 Å². The Bertz CT molecular complexity index is 692. The third-order valence-electron chi connectivity index (χ3n) is 3.70. The Balaban J connectivity index is 1.77. The summed E-state index contributed by atoms with van der Waals surface area (Å²) in [4.78, 5) is 14.7. The molecule has 1 aliphatic heterocycles. The molecule has 0 spiro atoms. The van der Waals surface area contributed by atoms with E-state index in [1.54, 1.807) is 12.1 Å². The zero-order chi connectivity index (χ0) is 15.7. The summed E-state index contributed by atoms with van der Waals surface area (Å²) in [7, 11) is 0. The van der Waals surface area contributed by atoms with Crippen LogP contribution in [0.1, 0.15) is 19.4 Å². The van der Waals surface area contributed by atoms with Crippen molar-refractivity contribution in [3.05, 3.63) is 47.1 Å². The maximum absolute atomic E-state index is 12.8. The van der Waals surface area contributed by atoms with Crippen molar-refractivity contribution in [3.63, 3.8) is 0 Å². The van der Waals surface area contributed by atoms with Gasteiger partial charge in [-0.25, -0.2) is 0 Å². The summed E-state index contributed by atoms with van der Waals surface area (Å²) in [5.41, 5.74) is 2.25. The number of amides is 1. The van der Waals surface area contributed by atoms with Crippen LogP contribution in [0.25, 0.3) is 0 Å². The van der Waals surface area contributed by atoms with E-state index in [0.29, 0.717) is 10.2 Å². The van der Waals surface area contributed by atoms with Crippen LogP contribution in [-0.4, -0.2) is 27.4 Å². The number of anilines is 1. The van der Waals surface area contributed by atoms with Crippen molar-refractivity contribution in [1.82, 2.24) is 10.2 Å². The zero-order valence-electron chi connectivity index (χ0n) is 12.4. The summed E-state index contributed by atoms with van der Waals surface area (Å²) >= 11 is 7.13. The van der Waals surface area contributed by atoms with Crippen LogP contribution >= 0.6 is 23.4 Å². The molecule has 0 radical (unpaired) electrons. The first-order valence-corrected chi connectivity index (χ1v) is 8.39. The highest BCUT2D eigenvalue weighted by molar-refractivity contribution is 8.00. The number of benzene rings is 1. The molecule has 0 aliphatic carbocycles. The zero-order valence-corrected chi connectivity index (χ0v) is 13.9. The van der Waals surface area contributed by atoms with Gasteiger partial charge in [0.1, 0.15) is 5.03 Å². The highest BCUT2D eigenvalue weighted by atomic mass is 35.5. The van der Waals surface area contributed by atoms with Crippen molar-refractivity contribution in [2.24, 2.45) is 0 Å². The van der Waals surface area contributed by atoms with E-state index in [1.165, 1.54) is 17.3 Å². The minimum absolute atomic E-state index is 0.0965. The second-order valence-electron chi connectivity index (χ2n) is 5.34. The predicted molar refractivity (Wildman–Crippen MR) is 89.5 cm³/mol. The van der Waals surface area contributed by atoms with E-state index in [2.05, 4.69) is 23.2 Å². The molecule has 2 heterocycles. The van der Waals surface area contributed by atoms with Gasteiger partial charge in [-0.2, -0.15) is 0 Å². The molecule has 6 heteroatoms. The molecular weight excluding hydrogens is 318 g/mol. The SMILES string of the molecule is CC(Sc1ccc(Cl)nn1)C(=O)N1c2ccccc2CC1C. The van der Waals surface area contributed by atoms with E-state index in [-0.39, 0.29) is 17.2 Å². The number of thioether (sulfide) groups is 1. The van der Waals surface area contributed by atoms with Gasteiger partial charge < -0.3 is 4.90 Å². The highest BCUT2D eigenvalue weighted by Crippen LogP contribution is 2.34. The molecular formula is C16H16ClN3OS. The molecule has 1 amide bonds. The fourth-order valence-electron chi connectivity index (χ4n) is 2.70. The molecule has 0 bridgehead atoms. The van der Waals surface area contributed by atoms with E-state index >= 15 is 0 Å². The fraction of sp³-hybridized carbons (Fsp3) is 0.312. The van der Waals surface area contributed by atoms with Crippen LogP contribution in [0.4, 0.5) is 5.69 Å². The van der Waals surface area contributed by atoms with Gasteiger partial charge in [0, 0.05) is 11.7 Å². The average molecular weight is 334 g/mol. The highest BCUT2D eigenvalue weighted by Gasteiger charge is 2.33. The van der Waals surface area contributed by atoms with E-state index in [4.69, 9.17) is 11.6 Å². The summed E-state index contributed by atoms with van der Waals surface area (Å²) in [6.45, 7) is 3.98. The number of hydrogen-bond acceptors (Lipinski definition) is 4. The largest absolute Gasteiger partial charge is 0.308 e. The lowest BCUT2D eigenvalue weighted by Crippen LogP contribution is -2.40. The average Bonchev–Trinajstić information content (AvgIpc) is 2.84. The van der Waals surface area contributed by atoms with Crippen LogP contribution in [0.2, 0.25) is 5.15 Å². The van der Waals surface area contributed by atoms with Gasteiger partial charge in [-0.3, -0.25) is 4.79 Å². The number of carbonyl (C=O) groups is 1. The molecule has 2 unspecified atom stereocenters. The van der Waals surface area contributed by atoms with E-state index in [0.717, 1.165) is 12.1 Å². The molecule has 0 saturated heterocycles. The lowest BCUT2D eigenvalue weighted by Gasteiger charge is -2.25. The summed E-state index contributed by atoms with van der Waals surface area (Å²) in [6, 6.07) is 11.7. The monoisotopic (exact) mass is 333 g/mol. The molecule has 4 nitrogen and oxygen atoms in total. The number of nitrogens with zero attached hydrogens (tertiary/aromatic N) is 3. The standard InChI is InChI=1S/C16H16ClN3OS/c1-10-9-12-5-3-4-6-13(12)20(10)16(21)11(2)22-15-8-7-14(17)18-19-15/h3-8,10-11H,9H2,1-2H3. The van der Waals surface area contributed by atoms with Crippen molar-refractivity contribution in [2.45, 2.75) is 36.6 Å². The Morgan fingerprint density at radius 2 is 2.09 bits per heavy atom. The lowest BCUT2D eigenvalue weighted by molar-refractivity contribution is -0.118. The second-order valence-corrected chi connectivity index (χ2v) is 7.09. The van der Waals surface area contributed by atoms with Gasteiger partial charge >= 0.3 is 0 Å². The van der Waals surface area contributed by atoms with E-state index in [1.807, 2.05) is 30.0 Å². The first-order valence-electron chi connectivity index (χ1n) is 7.13. The number of para-hydroxylation sites is 1. The first kappa shape index (κ1) is 15.3. The summed E-state index contributed by atoms with van der Waals surface area (Å²) < 4.78 is 0. The molecule has 1 aromatic heterocycles. The van der Waals surface area contributed by atoms with Gasteiger partial charge in [0.05, 0.1) is 5.25 Å². The molecule has 2 aromatic rings. The Labute approximate surface area is 138 Å². The smallest absolute Gasteiger partial charge is 0.240 e. The summed E-state index contributed by atoms with van der Waals surface area (Å²) in [6.07, 6.45) is 0.903. The number of carbonyl (C=O) groups excluding carboxylic acids is 1. The first-order chi connectivity index (χ1) is 10.6. The summed E-state index contributed by atoms with van der Waals surface area (Å²) in [5.74, 6) is 0.0965. The molecule has 1 aliphatic rings. The molecule has 0 saturated carbocycles.